The largest absolute Gasteiger partial charge is 0.463 e. The Morgan fingerprint density at radius 1 is 1.00 bits per heavy atom. The summed E-state index contributed by atoms with van der Waals surface area (Å²) in [6.45, 7) is 3.59. The zero-order valence-electron chi connectivity index (χ0n) is 14.8. The molecule has 7 heteroatoms. The van der Waals surface area contributed by atoms with Crippen LogP contribution in [0.4, 0.5) is 0 Å². The van der Waals surface area contributed by atoms with Crippen molar-refractivity contribution in [1.29, 1.82) is 0 Å². The standard InChI is InChI=1S/C19H22O7/c1-3-8-15(25-17(21)12-11-16(20)24-4-2)19(23)26-18(22)13-14-9-6-5-7-10-14/h5-7,9-12,15H,3-4,8,13H2,1-2H3/b12-11+. The van der Waals surface area contributed by atoms with E-state index in [2.05, 4.69) is 4.74 Å². The van der Waals surface area contributed by atoms with Crippen molar-refractivity contribution in [1.82, 2.24) is 0 Å². The molecule has 0 aliphatic carbocycles. The van der Waals surface area contributed by atoms with E-state index in [9.17, 15) is 19.2 Å². The van der Waals surface area contributed by atoms with Gasteiger partial charge in [0.1, 0.15) is 0 Å². The summed E-state index contributed by atoms with van der Waals surface area (Å²) in [5.74, 6) is -3.27. The summed E-state index contributed by atoms with van der Waals surface area (Å²) in [4.78, 5) is 46.8. The van der Waals surface area contributed by atoms with Gasteiger partial charge in [-0.05, 0) is 18.9 Å². The van der Waals surface area contributed by atoms with Gasteiger partial charge in [-0.2, -0.15) is 0 Å². The highest BCUT2D eigenvalue weighted by molar-refractivity contribution is 5.94. The van der Waals surface area contributed by atoms with Crippen LogP contribution in [0, 0.1) is 0 Å². The lowest BCUT2D eigenvalue weighted by Crippen LogP contribution is -2.31. The van der Waals surface area contributed by atoms with E-state index in [1.165, 1.54) is 0 Å². The number of rotatable bonds is 9. The zero-order chi connectivity index (χ0) is 19.4. The minimum atomic E-state index is -1.22. The first kappa shape index (κ1) is 21.1. The minimum Gasteiger partial charge on any atom is -0.463 e. The van der Waals surface area contributed by atoms with Crippen molar-refractivity contribution in [2.24, 2.45) is 0 Å². The molecule has 0 N–H and O–H groups in total. The summed E-state index contributed by atoms with van der Waals surface area (Å²) in [5, 5.41) is 0. The quantitative estimate of drug-likeness (QED) is 0.287. The Morgan fingerprint density at radius 2 is 1.65 bits per heavy atom. The molecule has 0 fully saturated rings. The van der Waals surface area contributed by atoms with E-state index >= 15 is 0 Å². The fourth-order valence-electron chi connectivity index (χ4n) is 1.97. The van der Waals surface area contributed by atoms with E-state index in [1.54, 1.807) is 44.2 Å². The van der Waals surface area contributed by atoms with Crippen LogP contribution in [0.1, 0.15) is 32.3 Å². The van der Waals surface area contributed by atoms with Crippen LogP contribution < -0.4 is 0 Å². The van der Waals surface area contributed by atoms with Gasteiger partial charge in [-0.1, -0.05) is 43.7 Å². The average molecular weight is 362 g/mol. The van der Waals surface area contributed by atoms with Crippen molar-refractivity contribution in [3.05, 3.63) is 48.0 Å². The van der Waals surface area contributed by atoms with E-state index < -0.39 is 30.0 Å². The zero-order valence-corrected chi connectivity index (χ0v) is 14.8. The first-order valence-corrected chi connectivity index (χ1v) is 8.30. The molecule has 0 heterocycles. The molecule has 26 heavy (non-hydrogen) atoms. The first-order valence-electron chi connectivity index (χ1n) is 8.30. The van der Waals surface area contributed by atoms with Crippen LogP contribution >= 0.6 is 0 Å². The fourth-order valence-corrected chi connectivity index (χ4v) is 1.97. The molecule has 0 radical (unpaired) electrons. The van der Waals surface area contributed by atoms with Crippen molar-refractivity contribution >= 4 is 23.9 Å². The van der Waals surface area contributed by atoms with Crippen molar-refractivity contribution in [2.75, 3.05) is 6.61 Å². The Morgan fingerprint density at radius 3 is 2.27 bits per heavy atom. The van der Waals surface area contributed by atoms with Gasteiger partial charge in [0.2, 0.25) is 0 Å². The lowest BCUT2D eigenvalue weighted by atomic mass is 10.1. The van der Waals surface area contributed by atoms with E-state index in [4.69, 9.17) is 9.47 Å². The third kappa shape index (κ3) is 8.23. The third-order valence-corrected chi connectivity index (χ3v) is 3.12. The highest BCUT2D eigenvalue weighted by Gasteiger charge is 2.25. The Bertz CT molecular complexity index is 649. The van der Waals surface area contributed by atoms with E-state index in [0.29, 0.717) is 12.0 Å². The molecule has 0 spiro atoms. The van der Waals surface area contributed by atoms with Gasteiger partial charge in [-0.15, -0.1) is 0 Å². The maximum Gasteiger partial charge on any atom is 0.355 e. The van der Waals surface area contributed by atoms with Crippen molar-refractivity contribution in [3.63, 3.8) is 0 Å². The lowest BCUT2D eigenvalue weighted by molar-refractivity contribution is -0.172. The topological polar surface area (TPSA) is 96.0 Å². The van der Waals surface area contributed by atoms with Gasteiger partial charge < -0.3 is 14.2 Å². The molecule has 1 rings (SSSR count). The van der Waals surface area contributed by atoms with Gasteiger partial charge in [0, 0.05) is 12.2 Å². The average Bonchev–Trinajstić information content (AvgIpc) is 2.60. The maximum atomic E-state index is 12.1. The number of ether oxygens (including phenoxy) is 3. The van der Waals surface area contributed by atoms with Crippen LogP contribution in [0.2, 0.25) is 0 Å². The second kappa shape index (κ2) is 11.6. The van der Waals surface area contributed by atoms with Gasteiger partial charge in [-0.3, -0.25) is 4.79 Å². The minimum absolute atomic E-state index is 0.0673. The SMILES string of the molecule is CCCC(OC(=O)/C=C/C(=O)OCC)C(=O)OC(=O)Cc1ccccc1. The Kier molecular flexibility index (Phi) is 9.38. The summed E-state index contributed by atoms with van der Waals surface area (Å²) < 4.78 is 14.4. The van der Waals surface area contributed by atoms with E-state index in [1.807, 2.05) is 0 Å². The molecule has 0 saturated carbocycles. The molecule has 0 aliphatic heterocycles. The van der Waals surface area contributed by atoms with E-state index in [-0.39, 0.29) is 19.4 Å². The number of carbonyl (C=O) groups is 4. The predicted octanol–water partition coefficient (Wildman–Crippen LogP) is 2.13. The van der Waals surface area contributed by atoms with Gasteiger partial charge in [-0.25, -0.2) is 14.4 Å². The molecule has 0 aliphatic rings. The Labute approximate surface area is 151 Å². The van der Waals surface area contributed by atoms with Gasteiger partial charge >= 0.3 is 23.9 Å². The van der Waals surface area contributed by atoms with Gasteiger partial charge in [0.25, 0.3) is 0 Å². The van der Waals surface area contributed by atoms with E-state index in [0.717, 1.165) is 12.2 Å². The molecule has 0 amide bonds. The molecule has 0 aromatic heterocycles. The molecule has 1 unspecified atom stereocenters. The van der Waals surface area contributed by atoms with Crippen LogP contribution in [0.25, 0.3) is 0 Å². The molecule has 140 valence electrons. The number of carbonyl (C=O) groups excluding carboxylic acids is 4. The molecular formula is C19H22O7. The first-order chi connectivity index (χ1) is 12.5. The van der Waals surface area contributed by atoms with Gasteiger partial charge in [0.15, 0.2) is 6.10 Å². The number of hydrogen-bond acceptors (Lipinski definition) is 7. The number of hydrogen-bond donors (Lipinski definition) is 0. The second-order valence-corrected chi connectivity index (χ2v) is 5.26. The third-order valence-electron chi connectivity index (χ3n) is 3.12. The van der Waals surface area contributed by atoms with Crippen LogP contribution in [0.5, 0.6) is 0 Å². The monoisotopic (exact) mass is 362 g/mol. The molecule has 1 atom stereocenters. The molecule has 0 saturated heterocycles. The summed E-state index contributed by atoms with van der Waals surface area (Å²) >= 11 is 0. The Hall–Kier alpha value is -2.96. The highest BCUT2D eigenvalue weighted by atomic mass is 16.6. The fraction of sp³-hybridized carbons (Fsp3) is 0.368. The summed E-state index contributed by atoms with van der Waals surface area (Å²) in [5.41, 5.74) is 0.701. The summed E-state index contributed by atoms with van der Waals surface area (Å²) in [7, 11) is 0. The van der Waals surface area contributed by atoms with Gasteiger partial charge in [0.05, 0.1) is 13.0 Å². The van der Waals surface area contributed by atoms with Crippen LogP contribution in [0.3, 0.4) is 0 Å². The maximum absolute atomic E-state index is 12.1. The van der Waals surface area contributed by atoms with Crippen molar-refractivity contribution in [2.45, 2.75) is 39.2 Å². The summed E-state index contributed by atoms with van der Waals surface area (Å²) in [6.07, 6.45) is 1.19. The molecular weight excluding hydrogens is 340 g/mol. The number of benzene rings is 1. The van der Waals surface area contributed by atoms with Crippen LogP contribution in [0.15, 0.2) is 42.5 Å². The smallest absolute Gasteiger partial charge is 0.355 e. The summed E-state index contributed by atoms with van der Waals surface area (Å²) in [6, 6.07) is 8.80. The van der Waals surface area contributed by atoms with Crippen LogP contribution in [-0.2, 0) is 39.8 Å². The molecule has 0 bridgehead atoms. The molecule has 1 aromatic rings. The predicted molar refractivity (Wildman–Crippen MR) is 91.8 cm³/mol. The number of esters is 4. The van der Waals surface area contributed by atoms with Crippen molar-refractivity contribution < 1.29 is 33.4 Å². The van der Waals surface area contributed by atoms with Crippen molar-refractivity contribution in [3.8, 4) is 0 Å². The highest BCUT2D eigenvalue weighted by Crippen LogP contribution is 2.08. The second-order valence-electron chi connectivity index (χ2n) is 5.26. The lowest BCUT2D eigenvalue weighted by Gasteiger charge is -2.14. The molecule has 1 aromatic carbocycles. The normalized spacial score (nSPS) is 11.6. The Balaban J connectivity index is 2.58. The van der Waals surface area contributed by atoms with Crippen LogP contribution in [-0.4, -0.2) is 36.6 Å². The molecule has 7 nitrogen and oxygen atoms in total.